The predicted octanol–water partition coefficient (Wildman–Crippen LogP) is 2.95. The minimum Gasteiger partial charge on any atom is -0.475 e. The van der Waals surface area contributed by atoms with Crippen LogP contribution in [0.4, 0.5) is 0 Å². The second-order valence-electron chi connectivity index (χ2n) is 5.10. The van der Waals surface area contributed by atoms with Gasteiger partial charge >= 0.3 is 5.97 Å². The van der Waals surface area contributed by atoms with Crippen molar-refractivity contribution in [2.45, 2.75) is 6.54 Å². The van der Waals surface area contributed by atoms with Gasteiger partial charge in [-0.3, -0.25) is 9.36 Å². The van der Waals surface area contributed by atoms with Crippen molar-refractivity contribution < 1.29 is 14.3 Å². The summed E-state index contributed by atoms with van der Waals surface area (Å²) in [4.78, 5) is 27.6. The molecule has 0 aliphatic rings. The second-order valence-corrected chi connectivity index (χ2v) is 6.02. The topological polar surface area (TPSA) is 85.3 Å². The summed E-state index contributed by atoms with van der Waals surface area (Å²) in [6, 6.07) is 8.62. The van der Waals surface area contributed by atoms with Gasteiger partial charge in [0.15, 0.2) is 0 Å². The van der Waals surface area contributed by atoms with Crippen molar-refractivity contribution in [3.8, 4) is 0 Å². The van der Waals surface area contributed by atoms with E-state index in [0.29, 0.717) is 27.7 Å². The number of carbonyl (C=O) groups is 1. The van der Waals surface area contributed by atoms with Crippen molar-refractivity contribution in [3.63, 3.8) is 0 Å². The molecule has 0 amide bonds. The maximum atomic E-state index is 12.4. The van der Waals surface area contributed by atoms with Crippen molar-refractivity contribution in [3.05, 3.63) is 63.7 Å². The molecule has 0 unspecified atom stereocenters. The van der Waals surface area contributed by atoms with Gasteiger partial charge < -0.3 is 9.52 Å². The minimum absolute atomic E-state index is 0.0801. The fourth-order valence-corrected chi connectivity index (χ4v) is 3.28. The lowest BCUT2D eigenvalue weighted by atomic mass is 10.1. The number of aromatic nitrogens is 2. The lowest BCUT2D eigenvalue weighted by Crippen LogP contribution is -2.20. The zero-order valence-corrected chi connectivity index (χ0v) is 12.5. The summed E-state index contributed by atoms with van der Waals surface area (Å²) < 4.78 is 7.40. The van der Waals surface area contributed by atoms with E-state index < -0.39 is 5.97 Å². The highest BCUT2D eigenvalue weighted by Crippen LogP contribution is 2.21. The highest BCUT2D eigenvalue weighted by molar-refractivity contribution is 7.17. The number of aromatic carboxylic acids is 1. The maximum Gasteiger partial charge on any atom is 0.371 e. The summed E-state index contributed by atoms with van der Waals surface area (Å²) >= 11 is 1.37. The molecular weight excluding hydrogens is 316 g/mol. The molecule has 114 valence electrons. The fraction of sp³-hybridized carbons (Fsp3) is 0.0625. The van der Waals surface area contributed by atoms with Gasteiger partial charge in [0.05, 0.1) is 18.4 Å². The molecule has 0 atom stereocenters. The summed E-state index contributed by atoms with van der Waals surface area (Å²) in [5.74, 6) is -1.21. The molecule has 0 radical (unpaired) electrons. The van der Waals surface area contributed by atoms with Crippen LogP contribution in [0.3, 0.4) is 0 Å². The third-order valence-electron chi connectivity index (χ3n) is 3.58. The number of hydrogen-bond donors (Lipinski definition) is 1. The van der Waals surface area contributed by atoms with Crippen LogP contribution in [0.1, 0.15) is 16.1 Å². The Kier molecular flexibility index (Phi) is 3.02. The quantitative estimate of drug-likeness (QED) is 0.625. The first-order valence-corrected chi connectivity index (χ1v) is 7.68. The lowest BCUT2D eigenvalue weighted by Gasteiger charge is -2.05. The Labute approximate surface area is 133 Å². The van der Waals surface area contributed by atoms with Crippen molar-refractivity contribution >= 4 is 38.5 Å². The molecule has 0 aliphatic carbocycles. The van der Waals surface area contributed by atoms with Gasteiger partial charge in [-0.25, -0.2) is 9.78 Å². The number of thiophene rings is 1. The molecule has 3 aromatic heterocycles. The molecule has 7 heteroatoms. The van der Waals surface area contributed by atoms with Crippen molar-refractivity contribution in [2.24, 2.45) is 0 Å². The van der Waals surface area contributed by atoms with Crippen LogP contribution in [-0.4, -0.2) is 20.6 Å². The molecule has 0 saturated heterocycles. The molecular formula is C16H10N2O4S. The molecule has 0 saturated carbocycles. The van der Waals surface area contributed by atoms with Gasteiger partial charge in [-0.1, -0.05) is 6.07 Å². The van der Waals surface area contributed by atoms with Crippen LogP contribution < -0.4 is 5.56 Å². The average molecular weight is 326 g/mol. The standard InChI is InChI=1S/C16H10N2O4S/c19-15-14-11(3-4-23-14)17-8-18(15)7-9-1-2-12-10(5-9)6-13(22-12)16(20)21/h1-6,8H,7H2,(H,20,21). The molecule has 1 aromatic carbocycles. The smallest absolute Gasteiger partial charge is 0.371 e. The third kappa shape index (κ3) is 2.31. The van der Waals surface area contributed by atoms with Crippen molar-refractivity contribution in [2.75, 3.05) is 0 Å². The van der Waals surface area contributed by atoms with E-state index in [1.54, 1.807) is 6.07 Å². The highest BCUT2D eigenvalue weighted by Gasteiger charge is 2.11. The van der Waals surface area contributed by atoms with Crippen molar-refractivity contribution in [1.29, 1.82) is 0 Å². The van der Waals surface area contributed by atoms with Gasteiger partial charge in [-0.15, -0.1) is 11.3 Å². The summed E-state index contributed by atoms with van der Waals surface area (Å²) in [6.07, 6.45) is 1.53. The predicted molar refractivity (Wildman–Crippen MR) is 86.2 cm³/mol. The van der Waals surface area contributed by atoms with Crippen LogP contribution in [0.15, 0.2) is 51.3 Å². The van der Waals surface area contributed by atoms with E-state index in [-0.39, 0.29) is 11.3 Å². The number of hydrogen-bond acceptors (Lipinski definition) is 5. The molecule has 0 spiro atoms. The van der Waals surface area contributed by atoms with Crippen LogP contribution in [0.5, 0.6) is 0 Å². The number of rotatable bonds is 3. The van der Waals surface area contributed by atoms with Crippen LogP contribution in [-0.2, 0) is 6.54 Å². The average Bonchev–Trinajstić information content (AvgIpc) is 3.16. The molecule has 4 aromatic rings. The molecule has 0 aliphatic heterocycles. The molecule has 4 rings (SSSR count). The van der Waals surface area contributed by atoms with Crippen LogP contribution in [0.25, 0.3) is 21.2 Å². The highest BCUT2D eigenvalue weighted by atomic mass is 32.1. The van der Waals surface area contributed by atoms with Crippen LogP contribution in [0.2, 0.25) is 0 Å². The van der Waals surface area contributed by atoms with Gasteiger partial charge in [0.1, 0.15) is 10.3 Å². The van der Waals surface area contributed by atoms with E-state index in [0.717, 1.165) is 5.56 Å². The van der Waals surface area contributed by atoms with Gasteiger partial charge in [0.2, 0.25) is 5.76 Å². The Morgan fingerprint density at radius 3 is 3.00 bits per heavy atom. The number of nitrogens with zero attached hydrogens (tertiary/aromatic N) is 2. The first-order valence-electron chi connectivity index (χ1n) is 6.80. The zero-order chi connectivity index (χ0) is 16.0. The van der Waals surface area contributed by atoms with Crippen LogP contribution in [0, 0.1) is 0 Å². The Morgan fingerprint density at radius 2 is 2.17 bits per heavy atom. The Morgan fingerprint density at radius 1 is 1.30 bits per heavy atom. The van der Waals surface area contributed by atoms with E-state index in [1.807, 2.05) is 23.6 Å². The largest absolute Gasteiger partial charge is 0.475 e. The maximum absolute atomic E-state index is 12.4. The number of carboxylic acids is 1. The first kappa shape index (κ1) is 13.7. The lowest BCUT2D eigenvalue weighted by molar-refractivity contribution is 0.0665. The Hall–Kier alpha value is -2.93. The summed E-state index contributed by atoms with van der Waals surface area (Å²) in [7, 11) is 0. The van der Waals surface area contributed by atoms with Gasteiger partial charge in [-0.2, -0.15) is 0 Å². The molecule has 3 heterocycles. The van der Waals surface area contributed by atoms with E-state index in [4.69, 9.17) is 9.52 Å². The monoisotopic (exact) mass is 326 g/mol. The SMILES string of the molecule is O=C(O)c1cc2cc(Cn3cnc4ccsc4c3=O)ccc2o1. The first-order chi connectivity index (χ1) is 11.1. The van der Waals surface area contributed by atoms with Gasteiger partial charge in [0.25, 0.3) is 5.56 Å². The Bertz CT molecular complexity index is 1110. The number of fused-ring (bicyclic) bond motifs is 2. The fourth-order valence-electron chi connectivity index (χ4n) is 2.48. The molecule has 23 heavy (non-hydrogen) atoms. The van der Waals surface area contributed by atoms with Crippen molar-refractivity contribution in [1.82, 2.24) is 9.55 Å². The van der Waals surface area contributed by atoms with E-state index in [9.17, 15) is 9.59 Å². The molecule has 0 bridgehead atoms. The number of furan rings is 1. The number of benzene rings is 1. The molecule has 0 fully saturated rings. The Balaban J connectivity index is 1.75. The summed E-state index contributed by atoms with van der Waals surface area (Å²) in [5.41, 5.74) is 2.00. The summed E-state index contributed by atoms with van der Waals surface area (Å²) in [5, 5.41) is 11.5. The number of carboxylic acid groups (broad SMARTS) is 1. The normalized spacial score (nSPS) is 11.3. The van der Waals surface area contributed by atoms with Gasteiger partial charge in [0, 0.05) is 5.39 Å². The van der Waals surface area contributed by atoms with E-state index in [2.05, 4.69) is 4.98 Å². The molecule has 6 nitrogen and oxygen atoms in total. The zero-order valence-electron chi connectivity index (χ0n) is 11.7. The van der Waals surface area contributed by atoms with Gasteiger partial charge in [-0.05, 0) is 35.2 Å². The van der Waals surface area contributed by atoms with E-state index >= 15 is 0 Å². The van der Waals surface area contributed by atoms with Crippen LogP contribution >= 0.6 is 11.3 Å². The molecule has 1 N–H and O–H groups in total. The summed E-state index contributed by atoms with van der Waals surface area (Å²) in [6.45, 7) is 0.364. The van der Waals surface area contributed by atoms with E-state index in [1.165, 1.54) is 28.3 Å². The second kappa shape index (κ2) is 5.06. The minimum atomic E-state index is -1.11. The third-order valence-corrected chi connectivity index (χ3v) is 4.47.